The molecule has 140 valence electrons. The summed E-state index contributed by atoms with van der Waals surface area (Å²) in [7, 11) is 0. The third-order valence-corrected chi connectivity index (χ3v) is 5.87. The number of aliphatic hydroxyl groups excluding tert-OH is 1. The molecule has 3 rings (SSSR count). The van der Waals surface area contributed by atoms with Gasteiger partial charge in [-0.1, -0.05) is 6.07 Å². The third kappa shape index (κ3) is 3.70. The van der Waals surface area contributed by atoms with Crippen LogP contribution >= 0.6 is 0 Å². The molecule has 26 heavy (non-hydrogen) atoms. The summed E-state index contributed by atoms with van der Waals surface area (Å²) in [5.41, 5.74) is 4.95. The zero-order valence-electron chi connectivity index (χ0n) is 16.1. The van der Waals surface area contributed by atoms with Gasteiger partial charge in [0.25, 0.3) is 0 Å². The van der Waals surface area contributed by atoms with E-state index in [1.807, 2.05) is 26.0 Å². The topological polar surface area (TPSA) is 56.1 Å². The second kappa shape index (κ2) is 7.28. The minimum absolute atomic E-state index is 0.108. The van der Waals surface area contributed by atoms with Gasteiger partial charge in [0.15, 0.2) is 0 Å². The van der Waals surface area contributed by atoms with Gasteiger partial charge in [-0.15, -0.1) is 0 Å². The molecule has 0 bridgehead atoms. The highest BCUT2D eigenvalue weighted by Gasteiger charge is 2.45. The molecule has 0 radical (unpaired) electrons. The highest BCUT2D eigenvalue weighted by atomic mass is 16.3. The van der Waals surface area contributed by atoms with E-state index in [1.165, 1.54) is 18.5 Å². The summed E-state index contributed by atoms with van der Waals surface area (Å²) in [6.07, 6.45) is 8.16. The Morgan fingerprint density at radius 3 is 2.65 bits per heavy atom. The van der Waals surface area contributed by atoms with Crippen LogP contribution in [0.3, 0.4) is 0 Å². The fourth-order valence-electron chi connectivity index (χ4n) is 4.58. The summed E-state index contributed by atoms with van der Waals surface area (Å²) in [5, 5.41) is 20.0. The molecule has 0 atom stereocenters. The Morgan fingerprint density at radius 1 is 1.31 bits per heavy atom. The maximum atomic E-state index is 10.3. The van der Waals surface area contributed by atoms with E-state index < -0.39 is 0 Å². The Kier molecular flexibility index (Phi) is 5.24. The second-order valence-corrected chi connectivity index (χ2v) is 8.08. The van der Waals surface area contributed by atoms with Gasteiger partial charge in [-0.3, -0.25) is 4.99 Å². The molecule has 4 heteroatoms. The van der Waals surface area contributed by atoms with Gasteiger partial charge in [0, 0.05) is 24.4 Å². The number of phenols is 1. The molecular weight excluding hydrogens is 324 g/mol. The van der Waals surface area contributed by atoms with Gasteiger partial charge in [-0.2, -0.15) is 0 Å². The smallest absolute Gasteiger partial charge is 0.125 e. The standard InChI is InChI=1S/C22H30N2O2/c1-15-10-16(2)21(20(26)11-15)19(23-4)7-6-17(3)24-9-5-8-22(14-24)12-18(25)13-22/h6-7,10-11,18,25-26H,4-5,8-9,12-14H2,1-3H3/b17-6+,19-7-. The number of nitrogens with zero attached hydrogens (tertiary/aromatic N) is 2. The number of hydrogen-bond donors (Lipinski definition) is 2. The summed E-state index contributed by atoms with van der Waals surface area (Å²) < 4.78 is 0. The van der Waals surface area contributed by atoms with Crippen LogP contribution in [0.15, 0.2) is 35.0 Å². The van der Waals surface area contributed by atoms with Crippen molar-refractivity contribution in [2.24, 2.45) is 10.4 Å². The van der Waals surface area contributed by atoms with Crippen molar-refractivity contribution in [3.63, 3.8) is 0 Å². The number of likely N-dealkylation sites (tertiary alicyclic amines) is 1. The Balaban J connectivity index is 1.80. The van der Waals surface area contributed by atoms with Crippen LogP contribution in [0.2, 0.25) is 0 Å². The fraction of sp³-hybridized carbons (Fsp3) is 0.500. The van der Waals surface area contributed by atoms with Crippen LogP contribution in [0.5, 0.6) is 5.75 Å². The molecule has 1 heterocycles. The highest BCUT2D eigenvalue weighted by Crippen LogP contribution is 2.48. The Bertz CT molecular complexity index is 729. The van der Waals surface area contributed by atoms with Crippen LogP contribution in [0.4, 0.5) is 0 Å². The number of phenolic OH excluding ortho intramolecular Hbond substituents is 1. The van der Waals surface area contributed by atoms with E-state index in [2.05, 4.69) is 29.6 Å². The van der Waals surface area contributed by atoms with E-state index in [4.69, 9.17) is 0 Å². The first-order valence-corrected chi connectivity index (χ1v) is 9.42. The van der Waals surface area contributed by atoms with E-state index in [-0.39, 0.29) is 11.9 Å². The monoisotopic (exact) mass is 354 g/mol. The summed E-state index contributed by atoms with van der Waals surface area (Å²) in [6, 6.07) is 3.80. The lowest BCUT2D eigenvalue weighted by atomic mass is 9.62. The van der Waals surface area contributed by atoms with E-state index >= 15 is 0 Å². The lowest BCUT2D eigenvalue weighted by Gasteiger charge is -2.52. The molecule has 1 saturated heterocycles. The molecule has 1 aliphatic heterocycles. The van der Waals surface area contributed by atoms with Crippen molar-refractivity contribution >= 4 is 12.4 Å². The number of benzene rings is 1. The maximum Gasteiger partial charge on any atom is 0.125 e. The molecule has 2 fully saturated rings. The predicted molar refractivity (Wildman–Crippen MR) is 107 cm³/mol. The summed E-state index contributed by atoms with van der Waals surface area (Å²) in [6.45, 7) is 11.8. The molecule has 1 saturated carbocycles. The zero-order valence-corrected chi connectivity index (χ0v) is 16.1. The van der Waals surface area contributed by atoms with E-state index in [1.54, 1.807) is 6.07 Å². The third-order valence-electron chi connectivity index (χ3n) is 5.87. The van der Waals surface area contributed by atoms with Crippen LogP contribution in [0, 0.1) is 19.3 Å². The van der Waals surface area contributed by atoms with Crippen molar-refractivity contribution in [3.05, 3.63) is 46.7 Å². The first kappa shape index (κ1) is 18.7. The summed E-state index contributed by atoms with van der Waals surface area (Å²) in [5.74, 6) is 0.243. The minimum atomic E-state index is -0.108. The van der Waals surface area contributed by atoms with Gasteiger partial charge in [0.2, 0.25) is 0 Å². The highest BCUT2D eigenvalue weighted by molar-refractivity contribution is 5.75. The van der Waals surface area contributed by atoms with Crippen molar-refractivity contribution < 1.29 is 10.2 Å². The first-order valence-electron chi connectivity index (χ1n) is 9.42. The first-order chi connectivity index (χ1) is 12.3. The molecule has 1 spiro atoms. The molecular formula is C22H30N2O2. The van der Waals surface area contributed by atoms with Crippen molar-refractivity contribution in [1.82, 2.24) is 4.90 Å². The molecule has 1 aliphatic carbocycles. The van der Waals surface area contributed by atoms with E-state index in [0.717, 1.165) is 42.6 Å². The number of rotatable bonds is 4. The molecule has 2 aliphatic rings. The average molecular weight is 354 g/mol. The number of piperidine rings is 1. The van der Waals surface area contributed by atoms with Crippen LogP contribution < -0.4 is 0 Å². The summed E-state index contributed by atoms with van der Waals surface area (Å²) >= 11 is 0. The van der Waals surface area contributed by atoms with Crippen molar-refractivity contribution in [2.75, 3.05) is 13.1 Å². The van der Waals surface area contributed by atoms with Gasteiger partial charge in [0.1, 0.15) is 5.75 Å². The van der Waals surface area contributed by atoms with Crippen LogP contribution in [0.1, 0.15) is 49.3 Å². The van der Waals surface area contributed by atoms with Crippen LogP contribution in [-0.2, 0) is 0 Å². The number of aliphatic imine (C=N–C) groups is 1. The molecule has 1 aromatic carbocycles. The van der Waals surface area contributed by atoms with E-state index in [0.29, 0.717) is 11.1 Å². The van der Waals surface area contributed by atoms with Gasteiger partial charge < -0.3 is 15.1 Å². The number of aromatic hydroxyl groups is 1. The number of hydrogen-bond acceptors (Lipinski definition) is 4. The predicted octanol–water partition coefficient (Wildman–Crippen LogP) is 4.19. The Morgan fingerprint density at radius 2 is 2.04 bits per heavy atom. The van der Waals surface area contributed by atoms with Gasteiger partial charge in [-0.05, 0) is 87.9 Å². The van der Waals surface area contributed by atoms with Crippen molar-refractivity contribution in [2.45, 2.75) is 52.6 Å². The quantitative estimate of drug-likeness (QED) is 0.630. The molecule has 0 unspecified atom stereocenters. The van der Waals surface area contributed by atoms with Gasteiger partial charge in [-0.25, -0.2) is 0 Å². The lowest BCUT2D eigenvalue weighted by molar-refractivity contribution is -0.0679. The number of aryl methyl sites for hydroxylation is 2. The molecule has 0 aromatic heterocycles. The molecule has 4 nitrogen and oxygen atoms in total. The maximum absolute atomic E-state index is 10.3. The van der Waals surface area contributed by atoms with E-state index in [9.17, 15) is 10.2 Å². The Labute approximate surface area is 156 Å². The van der Waals surface area contributed by atoms with Crippen molar-refractivity contribution in [3.8, 4) is 5.75 Å². The molecule has 0 amide bonds. The van der Waals surface area contributed by atoms with Gasteiger partial charge >= 0.3 is 0 Å². The summed E-state index contributed by atoms with van der Waals surface area (Å²) in [4.78, 5) is 6.56. The lowest BCUT2D eigenvalue weighted by Crippen LogP contribution is -2.51. The Hall–Kier alpha value is -2.07. The molecule has 1 aromatic rings. The minimum Gasteiger partial charge on any atom is -0.507 e. The SMILES string of the molecule is C=N/C(=C\C=C(/C)N1CCCC2(CC(O)C2)C1)c1c(C)cc(C)cc1O. The second-order valence-electron chi connectivity index (χ2n) is 8.08. The average Bonchev–Trinajstić information content (AvgIpc) is 2.55. The fourth-order valence-corrected chi connectivity index (χ4v) is 4.58. The van der Waals surface area contributed by atoms with Crippen molar-refractivity contribution in [1.29, 1.82) is 0 Å². The van der Waals surface area contributed by atoms with Crippen LogP contribution in [0.25, 0.3) is 5.70 Å². The number of allylic oxidation sites excluding steroid dienone is 3. The van der Waals surface area contributed by atoms with Crippen LogP contribution in [-0.4, -0.2) is 41.0 Å². The molecule has 2 N–H and O–H groups in total. The normalized spacial score (nSPS) is 26.8. The zero-order chi connectivity index (χ0) is 18.9. The largest absolute Gasteiger partial charge is 0.507 e. The number of aliphatic hydroxyl groups is 1. The van der Waals surface area contributed by atoms with Gasteiger partial charge in [0.05, 0.1) is 11.8 Å².